The number of hydrazine groups is 1. The first-order chi connectivity index (χ1) is 8.69. The first kappa shape index (κ1) is 14.7. The molecule has 6 heteroatoms. The summed E-state index contributed by atoms with van der Waals surface area (Å²) < 4.78 is 0. The lowest BCUT2D eigenvalue weighted by Gasteiger charge is -2.34. The van der Waals surface area contributed by atoms with Crippen LogP contribution in [-0.4, -0.2) is 66.4 Å². The first-order valence-electron chi connectivity index (χ1n) is 6.30. The van der Waals surface area contributed by atoms with E-state index in [4.69, 9.17) is 0 Å². The van der Waals surface area contributed by atoms with Gasteiger partial charge in [-0.3, -0.25) is 15.0 Å². The molecule has 1 aliphatic heterocycles. The Morgan fingerprint density at radius 1 is 1.39 bits per heavy atom. The molecule has 1 heterocycles. The summed E-state index contributed by atoms with van der Waals surface area (Å²) in [5.41, 5.74) is 2.86. The van der Waals surface area contributed by atoms with Crippen molar-refractivity contribution in [2.45, 2.75) is 13.3 Å². The number of carbonyl (C=O) groups is 2. The molecule has 0 unspecified atom stereocenters. The van der Waals surface area contributed by atoms with E-state index in [1.807, 2.05) is 5.01 Å². The molecule has 0 aromatic rings. The molecule has 1 rings (SSSR count). The quantitative estimate of drug-likeness (QED) is 0.631. The molecule has 0 radical (unpaired) electrons. The van der Waals surface area contributed by atoms with Crippen molar-refractivity contribution in [2.75, 3.05) is 39.3 Å². The molecular formula is C12H22N4O2. The zero-order chi connectivity index (χ0) is 13.4. The summed E-state index contributed by atoms with van der Waals surface area (Å²) in [4.78, 5) is 25.9. The molecule has 0 atom stereocenters. The van der Waals surface area contributed by atoms with E-state index in [0.717, 1.165) is 32.7 Å². The third kappa shape index (κ3) is 4.85. The number of nitrogens with one attached hydrogen (secondary N) is 1. The van der Waals surface area contributed by atoms with E-state index in [-0.39, 0.29) is 5.91 Å². The standard InChI is InChI=1S/C12H22N4O2/c1-3-14-7-9-16(10-8-14)13-12(18)5-6-15(4-2)11-17/h4,11H,2-3,5-10H2,1H3,(H,13,18). The summed E-state index contributed by atoms with van der Waals surface area (Å²) in [5, 5.41) is 1.94. The lowest BCUT2D eigenvalue weighted by atomic mass is 10.3. The van der Waals surface area contributed by atoms with E-state index in [1.54, 1.807) is 0 Å². The molecule has 0 saturated carbocycles. The lowest BCUT2D eigenvalue weighted by Crippen LogP contribution is -2.53. The number of rotatable bonds is 7. The van der Waals surface area contributed by atoms with Crippen LogP contribution in [-0.2, 0) is 9.59 Å². The highest BCUT2D eigenvalue weighted by Crippen LogP contribution is 1.98. The van der Waals surface area contributed by atoms with E-state index in [2.05, 4.69) is 23.8 Å². The van der Waals surface area contributed by atoms with Gasteiger partial charge in [-0.2, -0.15) is 0 Å². The zero-order valence-electron chi connectivity index (χ0n) is 11.0. The normalized spacial score (nSPS) is 17.2. The summed E-state index contributed by atoms with van der Waals surface area (Å²) in [6.45, 7) is 10.7. The first-order valence-corrected chi connectivity index (χ1v) is 6.30. The van der Waals surface area contributed by atoms with Crippen LogP contribution in [0.25, 0.3) is 0 Å². The second-order valence-corrected chi connectivity index (χ2v) is 4.23. The highest BCUT2D eigenvalue weighted by atomic mass is 16.2. The van der Waals surface area contributed by atoms with E-state index in [9.17, 15) is 9.59 Å². The fraction of sp³-hybridized carbons (Fsp3) is 0.667. The Morgan fingerprint density at radius 3 is 2.56 bits per heavy atom. The number of hydrogen-bond donors (Lipinski definition) is 1. The molecular weight excluding hydrogens is 232 g/mol. The van der Waals surface area contributed by atoms with Crippen molar-refractivity contribution in [1.82, 2.24) is 20.2 Å². The Morgan fingerprint density at radius 2 is 2.06 bits per heavy atom. The average Bonchev–Trinajstić information content (AvgIpc) is 2.41. The molecule has 1 N–H and O–H groups in total. The van der Waals surface area contributed by atoms with Crippen molar-refractivity contribution in [1.29, 1.82) is 0 Å². The largest absolute Gasteiger partial charge is 0.322 e. The van der Waals surface area contributed by atoms with Crippen molar-refractivity contribution < 1.29 is 9.59 Å². The number of nitrogens with zero attached hydrogens (tertiary/aromatic N) is 3. The highest BCUT2D eigenvalue weighted by molar-refractivity contribution is 5.75. The van der Waals surface area contributed by atoms with Gasteiger partial charge in [-0.25, -0.2) is 5.01 Å². The van der Waals surface area contributed by atoms with Gasteiger partial charge in [-0.05, 0) is 12.7 Å². The molecule has 0 spiro atoms. The van der Waals surface area contributed by atoms with Crippen molar-refractivity contribution in [2.24, 2.45) is 0 Å². The van der Waals surface area contributed by atoms with Crippen LogP contribution in [0.1, 0.15) is 13.3 Å². The molecule has 0 aliphatic carbocycles. The summed E-state index contributed by atoms with van der Waals surface area (Å²) in [7, 11) is 0. The summed E-state index contributed by atoms with van der Waals surface area (Å²) in [5.74, 6) is -0.0614. The minimum absolute atomic E-state index is 0.0614. The third-order valence-electron chi connectivity index (χ3n) is 3.07. The van der Waals surface area contributed by atoms with Crippen LogP contribution in [0.4, 0.5) is 0 Å². The number of amides is 2. The summed E-state index contributed by atoms with van der Waals surface area (Å²) in [6.07, 6.45) is 2.37. The second kappa shape index (κ2) is 7.84. The van der Waals surface area contributed by atoms with Crippen LogP contribution in [0.15, 0.2) is 12.8 Å². The van der Waals surface area contributed by atoms with Crippen molar-refractivity contribution in [3.05, 3.63) is 12.8 Å². The van der Waals surface area contributed by atoms with Gasteiger partial charge in [0.05, 0.1) is 0 Å². The van der Waals surface area contributed by atoms with Gasteiger partial charge in [0.1, 0.15) is 0 Å². The number of hydrogen-bond acceptors (Lipinski definition) is 4. The molecule has 18 heavy (non-hydrogen) atoms. The van der Waals surface area contributed by atoms with Gasteiger partial charge in [0.15, 0.2) is 0 Å². The van der Waals surface area contributed by atoms with Gasteiger partial charge in [0.25, 0.3) is 0 Å². The minimum Gasteiger partial charge on any atom is -0.322 e. The minimum atomic E-state index is -0.0614. The molecule has 0 bridgehead atoms. The fourth-order valence-electron chi connectivity index (χ4n) is 1.83. The van der Waals surface area contributed by atoms with Crippen LogP contribution in [0.2, 0.25) is 0 Å². The molecule has 2 amide bonds. The van der Waals surface area contributed by atoms with Gasteiger partial charge in [-0.15, -0.1) is 0 Å². The van der Waals surface area contributed by atoms with Gasteiger partial charge >= 0.3 is 0 Å². The maximum absolute atomic E-state index is 11.7. The smallest absolute Gasteiger partial charge is 0.236 e. The summed E-state index contributed by atoms with van der Waals surface area (Å²) >= 11 is 0. The molecule has 1 fully saturated rings. The van der Waals surface area contributed by atoms with Crippen LogP contribution in [0.5, 0.6) is 0 Å². The molecule has 0 aromatic carbocycles. The zero-order valence-corrected chi connectivity index (χ0v) is 11.0. The Kier molecular flexibility index (Phi) is 6.38. The Balaban J connectivity index is 2.20. The van der Waals surface area contributed by atoms with Gasteiger partial charge in [0.2, 0.25) is 12.3 Å². The highest BCUT2D eigenvalue weighted by Gasteiger charge is 2.16. The maximum atomic E-state index is 11.7. The molecule has 1 aliphatic rings. The van der Waals surface area contributed by atoms with Crippen LogP contribution in [0.3, 0.4) is 0 Å². The van der Waals surface area contributed by atoms with Crippen LogP contribution < -0.4 is 5.43 Å². The monoisotopic (exact) mass is 254 g/mol. The molecule has 6 nitrogen and oxygen atoms in total. The van der Waals surface area contributed by atoms with Crippen molar-refractivity contribution in [3.63, 3.8) is 0 Å². The SMILES string of the molecule is C=CN(C=O)CCC(=O)NN1CCN(CC)CC1. The van der Waals surface area contributed by atoms with Gasteiger partial charge in [-0.1, -0.05) is 13.5 Å². The third-order valence-corrected chi connectivity index (χ3v) is 3.07. The topological polar surface area (TPSA) is 55.9 Å². The predicted octanol–water partition coefficient (Wildman–Crippen LogP) is -0.353. The van der Waals surface area contributed by atoms with Crippen molar-refractivity contribution >= 4 is 12.3 Å². The average molecular weight is 254 g/mol. The second-order valence-electron chi connectivity index (χ2n) is 4.23. The van der Waals surface area contributed by atoms with Crippen molar-refractivity contribution in [3.8, 4) is 0 Å². The van der Waals surface area contributed by atoms with Crippen LogP contribution in [0, 0.1) is 0 Å². The number of piperazine rings is 1. The van der Waals surface area contributed by atoms with Gasteiger partial charge in [0, 0.05) is 39.1 Å². The maximum Gasteiger partial charge on any atom is 0.236 e. The van der Waals surface area contributed by atoms with Crippen LogP contribution >= 0.6 is 0 Å². The fourth-order valence-corrected chi connectivity index (χ4v) is 1.83. The Labute approximate surface area is 108 Å². The lowest BCUT2D eigenvalue weighted by molar-refractivity contribution is -0.127. The molecule has 0 aromatic heterocycles. The van der Waals surface area contributed by atoms with E-state index < -0.39 is 0 Å². The van der Waals surface area contributed by atoms with E-state index in [1.165, 1.54) is 11.1 Å². The Bertz CT molecular complexity index is 280. The number of carbonyl (C=O) groups excluding carboxylic acids is 2. The molecule has 1 saturated heterocycles. The summed E-state index contributed by atoms with van der Waals surface area (Å²) in [6, 6.07) is 0. The Hall–Kier alpha value is -1.40. The predicted molar refractivity (Wildman–Crippen MR) is 69.4 cm³/mol. The number of likely N-dealkylation sites (N-methyl/N-ethyl adjacent to an activating group) is 1. The van der Waals surface area contributed by atoms with Gasteiger partial charge < -0.3 is 9.80 Å². The molecule has 102 valence electrons. The van der Waals surface area contributed by atoms with E-state index in [0.29, 0.717) is 19.4 Å². The van der Waals surface area contributed by atoms with E-state index >= 15 is 0 Å².